The Morgan fingerprint density at radius 1 is 1.47 bits per heavy atom. The Kier molecular flexibility index (Phi) is 3.08. The molecule has 0 bridgehead atoms. The summed E-state index contributed by atoms with van der Waals surface area (Å²) in [6, 6.07) is 3.84. The van der Waals surface area contributed by atoms with Crippen molar-refractivity contribution in [3.05, 3.63) is 26.8 Å². The van der Waals surface area contributed by atoms with Crippen LogP contribution in [-0.2, 0) is 11.2 Å². The molecule has 0 aliphatic carbocycles. The maximum atomic E-state index is 10.6. The van der Waals surface area contributed by atoms with Crippen molar-refractivity contribution in [1.82, 2.24) is 4.37 Å². The van der Waals surface area contributed by atoms with Crippen LogP contribution in [0.15, 0.2) is 21.1 Å². The van der Waals surface area contributed by atoms with E-state index in [0.29, 0.717) is 5.69 Å². The number of rotatable bonds is 2. The molecular formula is C9H5Br2NO2S. The summed E-state index contributed by atoms with van der Waals surface area (Å²) < 4.78 is 6.90. The molecule has 1 aromatic heterocycles. The average Bonchev–Trinajstić information content (AvgIpc) is 2.55. The molecule has 0 aliphatic rings. The van der Waals surface area contributed by atoms with Crippen LogP contribution in [0.2, 0.25) is 0 Å². The van der Waals surface area contributed by atoms with Crippen LogP contribution >= 0.6 is 43.4 Å². The fourth-order valence-corrected chi connectivity index (χ4v) is 3.13. The summed E-state index contributed by atoms with van der Waals surface area (Å²) in [6.07, 6.45) is -0.0466. The molecule has 0 fully saturated rings. The van der Waals surface area contributed by atoms with Gasteiger partial charge in [-0.2, -0.15) is 4.37 Å². The quantitative estimate of drug-likeness (QED) is 0.902. The second kappa shape index (κ2) is 4.19. The number of carboxylic acid groups (broad SMARTS) is 1. The molecule has 6 heteroatoms. The van der Waals surface area contributed by atoms with E-state index >= 15 is 0 Å². The molecule has 0 amide bonds. The number of aliphatic carboxylic acids is 1. The number of halogens is 2. The third kappa shape index (κ3) is 2.07. The van der Waals surface area contributed by atoms with Gasteiger partial charge in [-0.15, -0.1) is 0 Å². The molecule has 1 aromatic carbocycles. The second-order valence-electron chi connectivity index (χ2n) is 2.93. The fraction of sp³-hybridized carbons (Fsp3) is 0.111. The number of aromatic nitrogens is 1. The summed E-state index contributed by atoms with van der Waals surface area (Å²) in [5, 5.41) is 9.63. The van der Waals surface area contributed by atoms with E-state index in [1.54, 1.807) is 0 Å². The van der Waals surface area contributed by atoms with E-state index in [9.17, 15) is 4.79 Å². The maximum Gasteiger partial charge on any atom is 0.309 e. The molecule has 1 heterocycles. The molecular weight excluding hydrogens is 346 g/mol. The first kappa shape index (κ1) is 11.0. The largest absolute Gasteiger partial charge is 0.481 e. The highest BCUT2D eigenvalue weighted by molar-refractivity contribution is 9.13. The molecule has 0 aliphatic heterocycles. The summed E-state index contributed by atoms with van der Waals surface area (Å²) in [5.41, 5.74) is 0.607. The van der Waals surface area contributed by atoms with Crippen molar-refractivity contribution in [2.24, 2.45) is 0 Å². The Labute approximate surface area is 107 Å². The third-order valence-electron chi connectivity index (χ3n) is 1.92. The first-order valence-electron chi connectivity index (χ1n) is 4.03. The molecule has 0 radical (unpaired) electrons. The predicted molar refractivity (Wildman–Crippen MR) is 66.4 cm³/mol. The lowest BCUT2D eigenvalue weighted by Crippen LogP contribution is -2.00. The van der Waals surface area contributed by atoms with Crippen LogP contribution in [0.4, 0.5) is 0 Å². The van der Waals surface area contributed by atoms with E-state index < -0.39 is 5.97 Å². The van der Waals surface area contributed by atoms with Crippen molar-refractivity contribution >= 4 is 59.4 Å². The first-order valence-corrected chi connectivity index (χ1v) is 6.39. The van der Waals surface area contributed by atoms with E-state index in [0.717, 1.165) is 19.0 Å². The Balaban J connectivity index is 2.66. The van der Waals surface area contributed by atoms with Gasteiger partial charge in [0, 0.05) is 14.3 Å². The SMILES string of the molecule is O=C(O)Cc1nsc2ccc(Br)c(Br)c12. The zero-order valence-electron chi connectivity index (χ0n) is 7.33. The van der Waals surface area contributed by atoms with Gasteiger partial charge in [0.05, 0.1) is 16.8 Å². The lowest BCUT2D eigenvalue weighted by Gasteiger charge is -1.99. The zero-order valence-corrected chi connectivity index (χ0v) is 11.3. The van der Waals surface area contributed by atoms with Gasteiger partial charge < -0.3 is 5.11 Å². The first-order chi connectivity index (χ1) is 7.09. The summed E-state index contributed by atoms with van der Waals surface area (Å²) in [5.74, 6) is -0.867. The molecule has 0 unspecified atom stereocenters. The molecule has 0 atom stereocenters. The van der Waals surface area contributed by atoms with Crippen molar-refractivity contribution in [3.63, 3.8) is 0 Å². The van der Waals surface area contributed by atoms with Crippen LogP contribution in [0, 0.1) is 0 Å². The minimum Gasteiger partial charge on any atom is -0.481 e. The number of benzene rings is 1. The number of hydrogen-bond acceptors (Lipinski definition) is 3. The molecule has 2 rings (SSSR count). The number of nitrogens with zero attached hydrogens (tertiary/aromatic N) is 1. The smallest absolute Gasteiger partial charge is 0.309 e. The highest BCUT2D eigenvalue weighted by Crippen LogP contribution is 2.35. The molecule has 0 saturated heterocycles. The standard InChI is InChI=1S/C9H5Br2NO2S/c10-4-1-2-6-8(9(4)11)5(12-15-6)3-7(13)14/h1-2H,3H2,(H,13,14). The minimum atomic E-state index is -0.867. The highest BCUT2D eigenvalue weighted by Gasteiger charge is 2.14. The number of carbonyl (C=O) groups is 1. The van der Waals surface area contributed by atoms with Gasteiger partial charge >= 0.3 is 5.97 Å². The van der Waals surface area contributed by atoms with Gasteiger partial charge in [0.1, 0.15) is 0 Å². The Hall–Kier alpha value is -0.460. The number of hydrogen-bond donors (Lipinski definition) is 1. The number of carboxylic acids is 1. The van der Waals surface area contributed by atoms with E-state index in [-0.39, 0.29) is 6.42 Å². The van der Waals surface area contributed by atoms with Crippen LogP contribution in [0.3, 0.4) is 0 Å². The van der Waals surface area contributed by atoms with Crippen LogP contribution in [0.25, 0.3) is 10.1 Å². The van der Waals surface area contributed by atoms with E-state index in [4.69, 9.17) is 5.11 Å². The molecule has 15 heavy (non-hydrogen) atoms. The molecule has 1 N–H and O–H groups in total. The Bertz CT molecular complexity index is 538. The van der Waals surface area contributed by atoms with E-state index in [1.165, 1.54) is 11.5 Å². The predicted octanol–water partition coefficient (Wildman–Crippen LogP) is 3.45. The highest BCUT2D eigenvalue weighted by atomic mass is 79.9. The second-order valence-corrected chi connectivity index (χ2v) is 5.39. The average molecular weight is 351 g/mol. The fourth-order valence-electron chi connectivity index (χ4n) is 1.29. The van der Waals surface area contributed by atoms with Crippen LogP contribution in [0.5, 0.6) is 0 Å². The molecule has 0 spiro atoms. The monoisotopic (exact) mass is 349 g/mol. The van der Waals surface area contributed by atoms with Crippen LogP contribution in [-0.4, -0.2) is 15.4 Å². The van der Waals surface area contributed by atoms with Crippen LogP contribution < -0.4 is 0 Å². The van der Waals surface area contributed by atoms with Crippen molar-refractivity contribution < 1.29 is 9.90 Å². The normalized spacial score (nSPS) is 10.8. The van der Waals surface area contributed by atoms with E-state index in [2.05, 4.69) is 36.2 Å². The van der Waals surface area contributed by atoms with Gasteiger partial charge in [0.25, 0.3) is 0 Å². The van der Waals surface area contributed by atoms with E-state index in [1.807, 2.05) is 12.1 Å². The Morgan fingerprint density at radius 3 is 2.87 bits per heavy atom. The Morgan fingerprint density at radius 2 is 2.20 bits per heavy atom. The van der Waals surface area contributed by atoms with Gasteiger partial charge in [-0.25, -0.2) is 0 Å². The van der Waals surface area contributed by atoms with Crippen molar-refractivity contribution in [1.29, 1.82) is 0 Å². The summed E-state index contributed by atoms with van der Waals surface area (Å²) in [4.78, 5) is 10.6. The minimum absolute atomic E-state index is 0.0466. The van der Waals surface area contributed by atoms with Crippen molar-refractivity contribution in [3.8, 4) is 0 Å². The van der Waals surface area contributed by atoms with Gasteiger partial charge in [0.15, 0.2) is 0 Å². The summed E-state index contributed by atoms with van der Waals surface area (Å²) in [7, 11) is 0. The summed E-state index contributed by atoms with van der Waals surface area (Å²) >= 11 is 8.13. The van der Waals surface area contributed by atoms with Crippen LogP contribution in [0.1, 0.15) is 5.69 Å². The number of fused-ring (bicyclic) bond motifs is 1. The molecule has 0 saturated carbocycles. The van der Waals surface area contributed by atoms with Gasteiger partial charge in [-0.1, -0.05) is 0 Å². The maximum absolute atomic E-state index is 10.6. The van der Waals surface area contributed by atoms with Crippen molar-refractivity contribution in [2.45, 2.75) is 6.42 Å². The zero-order chi connectivity index (χ0) is 11.0. The third-order valence-corrected chi connectivity index (χ3v) is 4.78. The molecule has 78 valence electrons. The lowest BCUT2D eigenvalue weighted by atomic mass is 10.2. The molecule has 3 nitrogen and oxygen atoms in total. The van der Waals surface area contributed by atoms with Gasteiger partial charge in [-0.3, -0.25) is 4.79 Å². The van der Waals surface area contributed by atoms with Gasteiger partial charge in [-0.05, 0) is 55.5 Å². The lowest BCUT2D eigenvalue weighted by molar-refractivity contribution is -0.136. The summed E-state index contributed by atoms with van der Waals surface area (Å²) in [6.45, 7) is 0. The molecule has 2 aromatic rings. The topological polar surface area (TPSA) is 50.2 Å². The van der Waals surface area contributed by atoms with Crippen molar-refractivity contribution in [2.75, 3.05) is 0 Å². The van der Waals surface area contributed by atoms with Gasteiger partial charge in [0.2, 0.25) is 0 Å².